The quantitative estimate of drug-likeness (QED) is 0.758. The first kappa shape index (κ1) is 16.1. The summed E-state index contributed by atoms with van der Waals surface area (Å²) in [6.45, 7) is 0.380. The Bertz CT molecular complexity index is 552. The van der Waals surface area contributed by atoms with Crippen molar-refractivity contribution >= 4 is 39.4 Å². The van der Waals surface area contributed by atoms with Crippen molar-refractivity contribution in [3.05, 3.63) is 27.7 Å². The Balaban J connectivity index is 1.96. The molecule has 0 saturated carbocycles. The van der Waals surface area contributed by atoms with Crippen molar-refractivity contribution in [1.82, 2.24) is 4.90 Å². The highest BCUT2D eigenvalue weighted by atomic mass is 79.9. The smallest absolute Gasteiger partial charge is 0.328 e. The topological polar surface area (TPSA) is 55.8 Å². The molecule has 1 fully saturated rings. The van der Waals surface area contributed by atoms with Gasteiger partial charge in [0.25, 0.3) is 5.91 Å². The lowest BCUT2D eigenvalue weighted by Gasteiger charge is -2.22. The van der Waals surface area contributed by atoms with Crippen molar-refractivity contribution < 1.29 is 19.1 Å². The molecular formula is C14H15BrClNO4. The zero-order chi connectivity index (χ0) is 15.4. The van der Waals surface area contributed by atoms with Crippen LogP contribution in [0.15, 0.2) is 22.7 Å². The van der Waals surface area contributed by atoms with Gasteiger partial charge in [-0.3, -0.25) is 4.79 Å². The summed E-state index contributed by atoms with van der Waals surface area (Å²) in [6.07, 6.45) is 1.40. The lowest BCUT2D eigenvalue weighted by Crippen LogP contribution is -2.43. The number of methoxy groups -OCH3 is 1. The fourth-order valence-electron chi connectivity index (χ4n) is 2.26. The van der Waals surface area contributed by atoms with Crippen LogP contribution < -0.4 is 4.74 Å². The molecule has 1 amide bonds. The van der Waals surface area contributed by atoms with Crippen molar-refractivity contribution in [3.8, 4) is 5.75 Å². The van der Waals surface area contributed by atoms with Crippen molar-refractivity contribution in [2.75, 3.05) is 20.3 Å². The van der Waals surface area contributed by atoms with Gasteiger partial charge in [-0.25, -0.2) is 4.79 Å². The lowest BCUT2D eigenvalue weighted by atomic mass is 10.2. The summed E-state index contributed by atoms with van der Waals surface area (Å²) in [4.78, 5) is 25.3. The second kappa shape index (κ2) is 7.13. The monoisotopic (exact) mass is 375 g/mol. The Kier molecular flexibility index (Phi) is 5.47. The molecule has 0 aliphatic carbocycles. The van der Waals surface area contributed by atoms with E-state index < -0.39 is 6.04 Å². The Morgan fingerprint density at radius 3 is 2.90 bits per heavy atom. The number of nitrogens with zero attached hydrogens (tertiary/aromatic N) is 1. The van der Waals surface area contributed by atoms with Crippen LogP contribution >= 0.6 is 27.5 Å². The van der Waals surface area contributed by atoms with Crippen LogP contribution in [0.4, 0.5) is 0 Å². The fraction of sp³-hybridized carbons (Fsp3) is 0.429. The molecule has 1 aromatic carbocycles. The standard InChI is InChI=1S/C14H15BrClNO4/c1-20-14(19)11-3-2-6-17(11)13(18)8-21-12-5-4-9(15)7-10(12)16/h4-5,7,11H,2-3,6,8H2,1H3/t11-/m1/s1. The molecule has 1 atom stereocenters. The first-order valence-corrected chi connectivity index (χ1v) is 7.65. The van der Waals surface area contributed by atoms with E-state index in [2.05, 4.69) is 15.9 Å². The van der Waals surface area contributed by atoms with Gasteiger partial charge < -0.3 is 14.4 Å². The molecule has 0 N–H and O–H groups in total. The predicted molar refractivity (Wildman–Crippen MR) is 81.4 cm³/mol. The molecule has 0 aromatic heterocycles. The van der Waals surface area contributed by atoms with Gasteiger partial charge in [-0.1, -0.05) is 27.5 Å². The number of ether oxygens (including phenoxy) is 2. The molecule has 1 heterocycles. The lowest BCUT2D eigenvalue weighted by molar-refractivity contribution is -0.151. The predicted octanol–water partition coefficient (Wildman–Crippen LogP) is 2.65. The number of halogens is 2. The highest BCUT2D eigenvalue weighted by molar-refractivity contribution is 9.10. The largest absolute Gasteiger partial charge is 0.482 e. The summed E-state index contributed by atoms with van der Waals surface area (Å²) >= 11 is 9.32. The minimum absolute atomic E-state index is 0.158. The van der Waals surface area contributed by atoms with Gasteiger partial charge in [0, 0.05) is 11.0 Å². The van der Waals surface area contributed by atoms with Crippen LogP contribution in [0.25, 0.3) is 0 Å². The fourth-order valence-corrected chi connectivity index (χ4v) is 2.99. The maximum Gasteiger partial charge on any atom is 0.328 e. The van der Waals surface area contributed by atoms with Crippen LogP contribution in [0.2, 0.25) is 5.02 Å². The van der Waals surface area contributed by atoms with E-state index in [9.17, 15) is 9.59 Å². The molecule has 0 radical (unpaired) electrons. The van der Waals surface area contributed by atoms with Crippen LogP contribution in [0.1, 0.15) is 12.8 Å². The van der Waals surface area contributed by atoms with Crippen molar-refractivity contribution in [1.29, 1.82) is 0 Å². The first-order valence-electron chi connectivity index (χ1n) is 6.48. The van der Waals surface area contributed by atoms with Crippen molar-refractivity contribution in [2.45, 2.75) is 18.9 Å². The highest BCUT2D eigenvalue weighted by Gasteiger charge is 2.34. The number of carbonyl (C=O) groups excluding carboxylic acids is 2. The van der Waals surface area contributed by atoms with E-state index in [0.29, 0.717) is 23.7 Å². The Labute approximate surface area is 136 Å². The van der Waals surface area contributed by atoms with Crippen LogP contribution in [0.5, 0.6) is 5.75 Å². The Hall–Kier alpha value is -1.27. The van der Waals surface area contributed by atoms with E-state index in [-0.39, 0.29) is 18.5 Å². The molecule has 0 bridgehead atoms. The number of benzene rings is 1. The molecule has 1 aliphatic rings. The minimum atomic E-state index is -0.508. The summed E-state index contributed by atoms with van der Waals surface area (Å²) in [6, 6.07) is 4.64. The summed E-state index contributed by atoms with van der Waals surface area (Å²) in [5, 5.41) is 0.420. The third-order valence-electron chi connectivity index (χ3n) is 3.29. The van der Waals surface area contributed by atoms with E-state index in [0.717, 1.165) is 10.9 Å². The maximum atomic E-state index is 12.2. The van der Waals surface area contributed by atoms with E-state index in [1.165, 1.54) is 12.0 Å². The third-order valence-corrected chi connectivity index (χ3v) is 4.08. The first-order chi connectivity index (χ1) is 10.0. The second-order valence-corrected chi connectivity index (χ2v) is 5.95. The van der Waals surface area contributed by atoms with Crippen LogP contribution in [0, 0.1) is 0 Å². The summed E-state index contributed by atoms with van der Waals surface area (Å²) in [5.74, 6) is -0.202. The molecule has 1 aliphatic heterocycles. The van der Waals surface area contributed by atoms with Gasteiger partial charge in [-0.15, -0.1) is 0 Å². The van der Waals surface area contributed by atoms with E-state index in [1.807, 2.05) is 0 Å². The second-order valence-electron chi connectivity index (χ2n) is 4.63. The molecule has 1 saturated heterocycles. The van der Waals surface area contributed by atoms with E-state index >= 15 is 0 Å². The third kappa shape index (κ3) is 3.89. The molecule has 1 aromatic rings. The highest BCUT2D eigenvalue weighted by Crippen LogP contribution is 2.28. The average Bonchev–Trinajstić information content (AvgIpc) is 2.94. The van der Waals surface area contributed by atoms with Gasteiger partial charge in [0.1, 0.15) is 11.8 Å². The minimum Gasteiger partial charge on any atom is -0.482 e. The Morgan fingerprint density at radius 1 is 1.48 bits per heavy atom. The maximum absolute atomic E-state index is 12.2. The van der Waals surface area contributed by atoms with Crippen LogP contribution in [-0.2, 0) is 14.3 Å². The number of rotatable bonds is 4. The number of likely N-dealkylation sites (tertiary alicyclic amines) is 1. The number of carbonyl (C=O) groups is 2. The molecular weight excluding hydrogens is 362 g/mol. The van der Waals surface area contributed by atoms with Gasteiger partial charge in [-0.2, -0.15) is 0 Å². The molecule has 2 rings (SSSR count). The van der Waals surface area contributed by atoms with Crippen molar-refractivity contribution in [3.63, 3.8) is 0 Å². The Morgan fingerprint density at radius 2 is 2.24 bits per heavy atom. The van der Waals surface area contributed by atoms with Crippen LogP contribution in [-0.4, -0.2) is 43.1 Å². The van der Waals surface area contributed by atoms with Gasteiger partial charge in [0.15, 0.2) is 6.61 Å². The molecule has 0 unspecified atom stereocenters. The van der Waals surface area contributed by atoms with Crippen LogP contribution in [0.3, 0.4) is 0 Å². The molecule has 114 valence electrons. The zero-order valence-electron chi connectivity index (χ0n) is 11.5. The van der Waals surface area contributed by atoms with Gasteiger partial charge >= 0.3 is 5.97 Å². The van der Waals surface area contributed by atoms with Crippen molar-refractivity contribution in [2.24, 2.45) is 0 Å². The molecule has 0 spiro atoms. The molecule has 5 nitrogen and oxygen atoms in total. The zero-order valence-corrected chi connectivity index (χ0v) is 13.8. The van der Waals surface area contributed by atoms with Gasteiger partial charge in [0.2, 0.25) is 0 Å². The number of amides is 1. The van der Waals surface area contributed by atoms with Gasteiger partial charge in [0.05, 0.1) is 12.1 Å². The number of hydrogen-bond donors (Lipinski definition) is 0. The van der Waals surface area contributed by atoms with E-state index in [1.54, 1.807) is 18.2 Å². The van der Waals surface area contributed by atoms with Gasteiger partial charge in [-0.05, 0) is 31.0 Å². The summed E-state index contributed by atoms with van der Waals surface area (Å²) in [5.41, 5.74) is 0. The normalized spacial score (nSPS) is 17.7. The molecule has 7 heteroatoms. The van der Waals surface area contributed by atoms with E-state index in [4.69, 9.17) is 21.1 Å². The SMILES string of the molecule is COC(=O)[C@H]1CCCN1C(=O)COc1ccc(Br)cc1Cl. The number of hydrogen-bond acceptors (Lipinski definition) is 4. The molecule has 21 heavy (non-hydrogen) atoms. The summed E-state index contributed by atoms with van der Waals surface area (Å²) < 4.78 is 11.0. The number of esters is 1. The summed E-state index contributed by atoms with van der Waals surface area (Å²) in [7, 11) is 1.32. The average molecular weight is 377 g/mol.